The topological polar surface area (TPSA) is 49.3 Å². The Kier molecular flexibility index (Phi) is 3.82. The molecular weight excluding hydrogens is 204 g/mol. The summed E-state index contributed by atoms with van der Waals surface area (Å²) in [7, 11) is 0. The highest BCUT2D eigenvalue weighted by atomic mass is 16.4. The fourth-order valence-corrected chi connectivity index (χ4v) is 3.42. The number of piperidine rings is 2. The van der Waals surface area contributed by atoms with Crippen LogP contribution in [-0.2, 0) is 4.79 Å². The normalized spacial score (nSPS) is 26.5. The number of carboxylic acids is 1. The van der Waals surface area contributed by atoms with Gasteiger partial charge in [-0.3, -0.25) is 0 Å². The quantitative estimate of drug-likeness (QED) is 0.702. The Morgan fingerprint density at radius 1 is 1.19 bits per heavy atom. The van der Waals surface area contributed by atoms with E-state index in [1.165, 1.54) is 19.3 Å². The fraction of sp³-hybridized carbons (Fsp3) is 0.917. The molecule has 0 saturated carbocycles. The first-order valence-electron chi connectivity index (χ1n) is 6.51. The van der Waals surface area contributed by atoms with Gasteiger partial charge in [0.15, 0.2) is 6.54 Å². The number of carboxylic acid groups (broad SMARTS) is 1. The number of nitrogens with one attached hydrogen (secondary N) is 1. The number of quaternary nitrogens is 1. The lowest BCUT2D eigenvalue weighted by atomic mass is 9.96. The molecule has 0 spiro atoms. The minimum Gasteiger partial charge on any atom is -0.477 e. The Bertz CT molecular complexity index is 243. The molecule has 2 rings (SSSR count). The van der Waals surface area contributed by atoms with Crippen molar-refractivity contribution in [2.75, 3.05) is 32.7 Å². The van der Waals surface area contributed by atoms with Gasteiger partial charge in [0.05, 0.1) is 19.1 Å². The molecule has 0 aliphatic carbocycles. The highest BCUT2D eigenvalue weighted by molar-refractivity contribution is 5.68. The van der Waals surface area contributed by atoms with Gasteiger partial charge >= 0.3 is 5.97 Å². The van der Waals surface area contributed by atoms with Crippen molar-refractivity contribution in [2.24, 2.45) is 0 Å². The van der Waals surface area contributed by atoms with Crippen LogP contribution in [0.5, 0.6) is 0 Å². The molecule has 0 bridgehead atoms. The maximum atomic E-state index is 11.1. The van der Waals surface area contributed by atoms with Gasteiger partial charge in [-0.2, -0.15) is 0 Å². The fourth-order valence-electron chi connectivity index (χ4n) is 3.42. The minimum absolute atomic E-state index is 0.338. The molecular formula is C12H23N2O2+. The lowest BCUT2D eigenvalue weighted by Gasteiger charge is -2.47. The smallest absolute Gasteiger partial charge is 0.359 e. The lowest BCUT2D eigenvalue weighted by molar-refractivity contribution is -0.949. The van der Waals surface area contributed by atoms with Gasteiger partial charge in [0, 0.05) is 25.9 Å². The molecule has 4 nitrogen and oxygen atoms in total. The predicted molar refractivity (Wildman–Crippen MR) is 62.2 cm³/mol. The standard InChI is InChI=1S/C12H22N2O2/c15-12(16)10-14(8-2-1-3-9-14)11-4-6-13-7-5-11/h11,13H,1-10H2/p+1. The molecule has 2 heterocycles. The van der Waals surface area contributed by atoms with Crippen molar-refractivity contribution in [3.8, 4) is 0 Å². The van der Waals surface area contributed by atoms with E-state index in [0.29, 0.717) is 12.6 Å². The van der Waals surface area contributed by atoms with Gasteiger partial charge in [-0.05, 0) is 19.3 Å². The molecule has 0 aromatic heterocycles. The Morgan fingerprint density at radius 2 is 1.81 bits per heavy atom. The van der Waals surface area contributed by atoms with Crippen molar-refractivity contribution >= 4 is 5.97 Å². The third kappa shape index (κ3) is 2.55. The molecule has 2 fully saturated rings. The third-order valence-electron chi connectivity index (χ3n) is 4.24. The van der Waals surface area contributed by atoms with Crippen molar-refractivity contribution in [1.82, 2.24) is 5.32 Å². The number of likely N-dealkylation sites (tertiary alicyclic amines) is 1. The van der Waals surface area contributed by atoms with Gasteiger partial charge in [-0.15, -0.1) is 0 Å². The Hall–Kier alpha value is -0.610. The molecule has 0 unspecified atom stereocenters. The average Bonchev–Trinajstić information content (AvgIpc) is 2.30. The SMILES string of the molecule is O=C(O)C[N+]1(C2CCNCC2)CCCCC1. The predicted octanol–water partition coefficient (Wildman–Crippen LogP) is 0.824. The first-order chi connectivity index (χ1) is 7.73. The number of hydrogen-bond acceptors (Lipinski definition) is 2. The summed E-state index contributed by atoms with van der Waals surface area (Å²) in [6.45, 7) is 4.62. The maximum Gasteiger partial charge on any atom is 0.359 e. The van der Waals surface area contributed by atoms with Crippen molar-refractivity contribution in [3.05, 3.63) is 0 Å². The van der Waals surface area contributed by atoms with Crippen molar-refractivity contribution < 1.29 is 14.4 Å². The molecule has 0 aromatic rings. The van der Waals surface area contributed by atoms with Gasteiger partial charge in [-0.1, -0.05) is 0 Å². The molecule has 92 valence electrons. The van der Waals surface area contributed by atoms with Crippen LogP contribution in [0.15, 0.2) is 0 Å². The summed E-state index contributed by atoms with van der Waals surface area (Å²) in [6.07, 6.45) is 5.99. The van der Waals surface area contributed by atoms with Crippen LogP contribution in [0, 0.1) is 0 Å². The first kappa shape index (κ1) is 11.9. The van der Waals surface area contributed by atoms with Crippen LogP contribution >= 0.6 is 0 Å². The maximum absolute atomic E-state index is 11.1. The second-order valence-electron chi connectivity index (χ2n) is 5.26. The molecule has 0 amide bonds. The Balaban J connectivity index is 2.07. The molecule has 0 radical (unpaired) electrons. The third-order valence-corrected chi connectivity index (χ3v) is 4.24. The molecule has 0 atom stereocenters. The van der Waals surface area contributed by atoms with E-state index in [1.807, 2.05) is 0 Å². The summed E-state index contributed by atoms with van der Waals surface area (Å²) in [5, 5.41) is 12.5. The van der Waals surface area contributed by atoms with Crippen LogP contribution < -0.4 is 5.32 Å². The molecule has 2 aliphatic rings. The highest BCUT2D eigenvalue weighted by Gasteiger charge is 2.40. The van der Waals surface area contributed by atoms with Gasteiger partial charge in [0.25, 0.3) is 0 Å². The van der Waals surface area contributed by atoms with Gasteiger partial charge in [0.2, 0.25) is 0 Å². The molecule has 2 saturated heterocycles. The highest BCUT2D eigenvalue weighted by Crippen LogP contribution is 2.27. The van der Waals surface area contributed by atoms with E-state index in [0.717, 1.165) is 43.5 Å². The number of rotatable bonds is 3. The van der Waals surface area contributed by atoms with Gasteiger partial charge in [0.1, 0.15) is 0 Å². The van der Waals surface area contributed by atoms with E-state index in [9.17, 15) is 4.79 Å². The monoisotopic (exact) mass is 227 g/mol. The van der Waals surface area contributed by atoms with Crippen LogP contribution in [0.4, 0.5) is 0 Å². The van der Waals surface area contributed by atoms with Crippen LogP contribution in [0.25, 0.3) is 0 Å². The molecule has 2 N–H and O–H groups in total. The lowest BCUT2D eigenvalue weighted by Crippen LogP contribution is -2.62. The minimum atomic E-state index is -0.625. The summed E-state index contributed by atoms with van der Waals surface area (Å²) >= 11 is 0. The van der Waals surface area contributed by atoms with E-state index in [-0.39, 0.29) is 0 Å². The second kappa shape index (κ2) is 5.15. The van der Waals surface area contributed by atoms with Crippen LogP contribution in [-0.4, -0.2) is 54.3 Å². The molecule has 2 aliphatic heterocycles. The summed E-state index contributed by atoms with van der Waals surface area (Å²) in [5.41, 5.74) is 0. The summed E-state index contributed by atoms with van der Waals surface area (Å²) in [4.78, 5) is 11.1. The summed E-state index contributed by atoms with van der Waals surface area (Å²) in [5.74, 6) is -0.625. The van der Waals surface area contributed by atoms with Crippen molar-refractivity contribution in [1.29, 1.82) is 0 Å². The van der Waals surface area contributed by atoms with E-state index >= 15 is 0 Å². The average molecular weight is 227 g/mol. The van der Waals surface area contributed by atoms with Gasteiger partial charge < -0.3 is 14.9 Å². The van der Waals surface area contributed by atoms with Crippen LogP contribution in [0.3, 0.4) is 0 Å². The Labute approximate surface area is 97.2 Å². The van der Waals surface area contributed by atoms with Gasteiger partial charge in [-0.25, -0.2) is 4.79 Å². The van der Waals surface area contributed by atoms with E-state index in [4.69, 9.17) is 5.11 Å². The zero-order chi connectivity index (χ0) is 11.4. The van der Waals surface area contributed by atoms with E-state index in [1.54, 1.807) is 0 Å². The number of carbonyl (C=O) groups is 1. The molecule has 0 aromatic carbocycles. The Morgan fingerprint density at radius 3 is 2.38 bits per heavy atom. The van der Waals surface area contributed by atoms with E-state index in [2.05, 4.69) is 5.32 Å². The first-order valence-corrected chi connectivity index (χ1v) is 6.51. The summed E-state index contributed by atoms with van der Waals surface area (Å²) < 4.78 is 0.858. The van der Waals surface area contributed by atoms with Crippen molar-refractivity contribution in [2.45, 2.75) is 38.1 Å². The number of nitrogens with zero attached hydrogens (tertiary/aromatic N) is 1. The zero-order valence-electron chi connectivity index (χ0n) is 9.95. The zero-order valence-corrected chi connectivity index (χ0v) is 9.95. The second-order valence-corrected chi connectivity index (χ2v) is 5.26. The largest absolute Gasteiger partial charge is 0.477 e. The van der Waals surface area contributed by atoms with Crippen molar-refractivity contribution in [3.63, 3.8) is 0 Å². The molecule has 16 heavy (non-hydrogen) atoms. The number of hydrogen-bond donors (Lipinski definition) is 2. The van der Waals surface area contributed by atoms with E-state index < -0.39 is 5.97 Å². The molecule has 4 heteroatoms. The van der Waals surface area contributed by atoms with Crippen LogP contribution in [0.1, 0.15) is 32.1 Å². The van der Waals surface area contributed by atoms with Crippen LogP contribution in [0.2, 0.25) is 0 Å². The number of aliphatic carboxylic acids is 1. The summed E-state index contributed by atoms with van der Waals surface area (Å²) in [6, 6.07) is 0.581.